The lowest BCUT2D eigenvalue weighted by molar-refractivity contribution is 1.14. The van der Waals surface area contributed by atoms with E-state index in [9.17, 15) is 0 Å². The van der Waals surface area contributed by atoms with Crippen LogP contribution in [-0.2, 0) is 23.5 Å². The first-order valence-electron chi connectivity index (χ1n) is 18.7. The lowest BCUT2D eigenvalue weighted by atomic mass is 9.94. The van der Waals surface area contributed by atoms with E-state index in [1.807, 2.05) is 0 Å². The molecule has 2 N–H and O–H groups in total. The summed E-state index contributed by atoms with van der Waals surface area (Å²) >= 11 is 7.31. The van der Waals surface area contributed by atoms with Gasteiger partial charge in [-0.15, -0.1) is 0 Å². The van der Waals surface area contributed by atoms with Crippen molar-refractivity contribution in [2.24, 2.45) is 0 Å². The number of nitrogens with zero attached hydrogens (tertiary/aromatic N) is 2. The molecule has 0 saturated heterocycles. The number of allylic oxidation sites excluding steroid dienone is 4. The Morgan fingerprint density at radius 3 is 1.23 bits per heavy atom. The molecule has 0 unspecified atom stereocenters. The highest BCUT2D eigenvalue weighted by Crippen LogP contribution is 2.44. The van der Waals surface area contributed by atoms with Crippen molar-refractivity contribution in [2.75, 3.05) is 0 Å². The van der Waals surface area contributed by atoms with Crippen LogP contribution in [0, 0.1) is 13.8 Å². The molecule has 0 atom stereocenters. The minimum absolute atomic E-state index is 0.822. The molecule has 3 aromatic heterocycles. The van der Waals surface area contributed by atoms with E-state index in [0.717, 1.165) is 92.3 Å². The Labute approximate surface area is 325 Å². The van der Waals surface area contributed by atoms with E-state index in [1.165, 1.54) is 66.8 Å². The van der Waals surface area contributed by atoms with Crippen molar-refractivity contribution in [1.29, 1.82) is 0 Å². The van der Waals surface area contributed by atoms with Gasteiger partial charge in [0.25, 0.3) is 0 Å². The number of aromatic nitrogens is 4. The molecule has 0 saturated carbocycles. The lowest BCUT2D eigenvalue weighted by Gasteiger charge is -2.10. The molecule has 0 amide bonds. The van der Waals surface area contributed by atoms with Gasteiger partial charge in [0.2, 0.25) is 0 Å². The van der Waals surface area contributed by atoms with Crippen LogP contribution in [0.3, 0.4) is 0 Å². The molecular weight excluding hydrogens is 768 g/mol. The van der Waals surface area contributed by atoms with Gasteiger partial charge in [0, 0.05) is 32.8 Å². The van der Waals surface area contributed by atoms with E-state index in [-0.39, 0.29) is 0 Å². The molecule has 2 aromatic carbocycles. The summed E-state index contributed by atoms with van der Waals surface area (Å²) in [4.78, 5) is 19.0. The number of aromatic amines is 2. The largest absolute Gasteiger partial charge is 0.354 e. The number of H-pyrrole nitrogens is 2. The quantitative estimate of drug-likeness (QED) is 0.153. The van der Waals surface area contributed by atoms with E-state index in [1.54, 1.807) is 0 Å². The Balaban J connectivity index is 1.74. The first-order valence-corrected chi connectivity index (χ1v) is 20.9. The topological polar surface area (TPSA) is 57.4 Å². The average molecular weight is 817 g/mol. The number of nitrogens with one attached hydrogen (secondary N) is 2. The van der Waals surface area contributed by atoms with E-state index in [2.05, 4.69) is 158 Å². The van der Waals surface area contributed by atoms with E-state index < -0.39 is 0 Å². The summed E-state index contributed by atoms with van der Waals surface area (Å²) in [5.41, 5.74) is 26.0. The standard InChI is InChI=1S/C46H48Br2N4/c1-9-33-27(7)43-41(31-17-13-29(23-47)14-18-31)45-35(11-3)25(5)37(49-45)21-38-26(6)36(12-4)46(50-38)42(32-19-15-30(24-48)16-20-32)44-28(8)34(10-2)40(52-44)22-39(33)51-43/h13-22,51-52H,9-12,23-24H2,1-8H3. The van der Waals surface area contributed by atoms with Gasteiger partial charge < -0.3 is 9.97 Å². The maximum Gasteiger partial charge on any atom is 0.0771 e. The van der Waals surface area contributed by atoms with E-state index in [4.69, 9.17) is 9.97 Å². The number of benzene rings is 2. The third-order valence-corrected chi connectivity index (χ3v) is 12.6. The predicted octanol–water partition coefficient (Wildman–Crippen LogP) is 13.9. The van der Waals surface area contributed by atoms with Gasteiger partial charge in [-0.1, -0.05) is 108 Å². The summed E-state index contributed by atoms with van der Waals surface area (Å²) in [5, 5.41) is 1.64. The number of hydrogen-bond acceptors (Lipinski definition) is 2. The molecule has 5 heterocycles. The normalized spacial score (nSPS) is 13.1. The second-order valence-corrected chi connectivity index (χ2v) is 15.2. The minimum atomic E-state index is 0.822. The number of rotatable bonds is 8. The molecule has 8 bridgehead atoms. The van der Waals surface area contributed by atoms with Crippen LogP contribution in [0.25, 0.3) is 66.6 Å². The first kappa shape index (κ1) is 36.4. The minimum Gasteiger partial charge on any atom is -0.354 e. The van der Waals surface area contributed by atoms with Crippen molar-refractivity contribution < 1.29 is 0 Å². The molecular formula is C46H48Br2N4. The summed E-state index contributed by atoms with van der Waals surface area (Å²) in [5.74, 6) is 0. The summed E-state index contributed by atoms with van der Waals surface area (Å²) in [7, 11) is 0. The highest BCUT2D eigenvalue weighted by molar-refractivity contribution is 9.08. The second-order valence-electron chi connectivity index (χ2n) is 14.0. The van der Waals surface area contributed by atoms with Gasteiger partial charge in [0.15, 0.2) is 0 Å². The third-order valence-electron chi connectivity index (χ3n) is 11.3. The molecule has 52 heavy (non-hydrogen) atoms. The van der Waals surface area contributed by atoms with Crippen molar-refractivity contribution in [1.82, 2.24) is 19.9 Å². The SMILES string of the molecule is CCC1=C(C)c2cc3nc(c(-c4ccc(CBr)cc4)c4[nH]c(cc5[nH]c(c(C)c5CC)c(-c5ccc(CBr)cc5)c1n2)c(CC)c4C)C(CC)=C3C. The van der Waals surface area contributed by atoms with Crippen LogP contribution in [-0.4, -0.2) is 19.9 Å². The van der Waals surface area contributed by atoms with E-state index >= 15 is 0 Å². The monoisotopic (exact) mass is 814 g/mol. The zero-order valence-corrected chi connectivity index (χ0v) is 34.8. The van der Waals surface area contributed by atoms with Crippen LogP contribution in [0.1, 0.15) is 111 Å². The molecule has 2 aliphatic rings. The van der Waals surface area contributed by atoms with Crippen molar-refractivity contribution in [3.63, 3.8) is 0 Å². The van der Waals surface area contributed by atoms with Crippen LogP contribution in [0.5, 0.6) is 0 Å². The number of aryl methyl sites for hydroxylation is 4. The van der Waals surface area contributed by atoms with Crippen molar-refractivity contribution >= 4 is 76.2 Å². The molecule has 5 aromatic rings. The van der Waals surface area contributed by atoms with Crippen LogP contribution < -0.4 is 0 Å². The number of alkyl halides is 2. The number of fused-ring (bicyclic) bond motifs is 8. The number of halogens is 2. The fraction of sp³-hybridized carbons (Fsp3) is 0.304. The van der Waals surface area contributed by atoms with Crippen molar-refractivity contribution in [3.8, 4) is 22.3 Å². The van der Waals surface area contributed by atoms with Gasteiger partial charge in [0.05, 0.1) is 33.8 Å². The Bertz CT molecular complexity index is 2270. The molecule has 6 heteroatoms. The Kier molecular flexibility index (Phi) is 10.3. The van der Waals surface area contributed by atoms with Crippen LogP contribution in [0.4, 0.5) is 0 Å². The molecule has 0 radical (unpaired) electrons. The maximum absolute atomic E-state index is 5.53. The fourth-order valence-corrected chi connectivity index (χ4v) is 9.08. The summed E-state index contributed by atoms with van der Waals surface area (Å²) in [6.07, 6.45) is 3.61. The zero-order valence-electron chi connectivity index (χ0n) is 31.7. The van der Waals surface area contributed by atoms with Crippen LogP contribution in [0.2, 0.25) is 0 Å². The lowest BCUT2D eigenvalue weighted by Crippen LogP contribution is -1.91. The smallest absolute Gasteiger partial charge is 0.0771 e. The molecule has 0 spiro atoms. The molecule has 0 fully saturated rings. The van der Waals surface area contributed by atoms with E-state index in [0.29, 0.717) is 0 Å². The summed E-state index contributed by atoms with van der Waals surface area (Å²) < 4.78 is 0. The summed E-state index contributed by atoms with van der Waals surface area (Å²) in [6.45, 7) is 18.1. The highest BCUT2D eigenvalue weighted by atomic mass is 79.9. The molecule has 0 aliphatic carbocycles. The van der Waals surface area contributed by atoms with Gasteiger partial charge in [-0.05, 0) is 132 Å². The predicted molar refractivity (Wildman–Crippen MR) is 231 cm³/mol. The van der Waals surface area contributed by atoms with Crippen molar-refractivity contribution in [2.45, 2.75) is 91.7 Å². The Morgan fingerprint density at radius 2 is 0.904 bits per heavy atom. The molecule has 4 nitrogen and oxygen atoms in total. The zero-order chi connectivity index (χ0) is 36.8. The second kappa shape index (κ2) is 14.8. The average Bonchev–Trinajstić information content (AvgIpc) is 3.85. The summed E-state index contributed by atoms with van der Waals surface area (Å²) in [6, 6.07) is 22.5. The van der Waals surface area contributed by atoms with Crippen LogP contribution >= 0.6 is 31.9 Å². The molecule has 266 valence electrons. The Morgan fingerprint density at radius 1 is 0.519 bits per heavy atom. The number of hydrogen-bond donors (Lipinski definition) is 2. The van der Waals surface area contributed by atoms with Gasteiger partial charge in [-0.25, -0.2) is 9.97 Å². The van der Waals surface area contributed by atoms with Crippen molar-refractivity contribution in [3.05, 3.63) is 117 Å². The van der Waals surface area contributed by atoms with Gasteiger partial charge >= 0.3 is 0 Å². The maximum atomic E-state index is 5.53. The highest BCUT2D eigenvalue weighted by Gasteiger charge is 2.26. The van der Waals surface area contributed by atoms with Gasteiger partial charge in [-0.2, -0.15) is 0 Å². The van der Waals surface area contributed by atoms with Crippen LogP contribution in [0.15, 0.2) is 60.7 Å². The first-order chi connectivity index (χ1) is 25.2. The van der Waals surface area contributed by atoms with Gasteiger partial charge in [-0.3, -0.25) is 0 Å². The molecule has 7 rings (SSSR count). The molecule has 2 aliphatic heterocycles. The fourth-order valence-electron chi connectivity index (χ4n) is 8.33. The van der Waals surface area contributed by atoms with Gasteiger partial charge in [0.1, 0.15) is 0 Å². The Hall–Kier alpha value is -4.00. The third kappa shape index (κ3) is 6.06.